The predicted molar refractivity (Wildman–Crippen MR) is 129 cm³/mol. The summed E-state index contributed by atoms with van der Waals surface area (Å²) < 4.78 is 38.7. The lowest BCUT2D eigenvalue weighted by atomic mass is 9.98. The Kier molecular flexibility index (Phi) is 8.26. The van der Waals surface area contributed by atoms with Crippen LogP contribution >= 0.6 is 11.6 Å². The summed E-state index contributed by atoms with van der Waals surface area (Å²) >= 11 is 6.34. The Hall–Kier alpha value is -2.29. The summed E-state index contributed by atoms with van der Waals surface area (Å²) in [5, 5.41) is 0.228. The van der Waals surface area contributed by atoms with Gasteiger partial charge in [0, 0.05) is 26.2 Å². The number of carbonyl (C=O) groups is 1. The highest BCUT2D eigenvalue weighted by Gasteiger charge is 2.28. The van der Waals surface area contributed by atoms with Crippen molar-refractivity contribution in [2.45, 2.75) is 45.6 Å². The van der Waals surface area contributed by atoms with E-state index in [1.807, 2.05) is 26.0 Å². The second kappa shape index (κ2) is 10.8. The standard InChI is InChI=1S/C24H31ClN2O5S/c1-5-27(6-2)33(29,30)19-9-10-21(25)20(15-19)24(28)26-12-11-17-13-22(31-7-3)23(32-8-4)14-18(17)16-26/h9-10,13-15H,5-8,11-12,16H2,1-4H3. The summed E-state index contributed by atoms with van der Waals surface area (Å²) in [5.41, 5.74) is 2.27. The Bertz CT molecular complexity index is 1120. The number of rotatable bonds is 9. The van der Waals surface area contributed by atoms with E-state index in [4.69, 9.17) is 21.1 Å². The van der Waals surface area contributed by atoms with Crippen LogP contribution in [0, 0.1) is 0 Å². The molecule has 1 heterocycles. The van der Waals surface area contributed by atoms with Crippen molar-refractivity contribution in [1.29, 1.82) is 0 Å². The number of ether oxygens (including phenoxy) is 2. The van der Waals surface area contributed by atoms with E-state index in [0.717, 1.165) is 11.1 Å². The molecule has 0 spiro atoms. The smallest absolute Gasteiger partial charge is 0.255 e. The van der Waals surface area contributed by atoms with Crippen molar-refractivity contribution in [3.8, 4) is 11.5 Å². The van der Waals surface area contributed by atoms with Gasteiger partial charge in [-0.1, -0.05) is 25.4 Å². The molecular formula is C24H31ClN2O5S. The van der Waals surface area contributed by atoms with E-state index in [9.17, 15) is 13.2 Å². The molecule has 0 aromatic heterocycles. The number of hydrogen-bond donors (Lipinski definition) is 0. The van der Waals surface area contributed by atoms with Gasteiger partial charge >= 0.3 is 0 Å². The van der Waals surface area contributed by atoms with Crippen molar-refractivity contribution < 1.29 is 22.7 Å². The third kappa shape index (κ3) is 5.28. The molecule has 0 fully saturated rings. The minimum absolute atomic E-state index is 0.0661. The Labute approximate surface area is 201 Å². The van der Waals surface area contributed by atoms with Gasteiger partial charge in [0.15, 0.2) is 11.5 Å². The Morgan fingerprint density at radius 3 is 2.18 bits per heavy atom. The van der Waals surface area contributed by atoms with Gasteiger partial charge < -0.3 is 14.4 Å². The Morgan fingerprint density at radius 1 is 1.00 bits per heavy atom. The highest BCUT2D eigenvalue weighted by Crippen LogP contribution is 2.34. The SMILES string of the molecule is CCOc1cc2c(cc1OCC)CN(C(=O)c1cc(S(=O)(=O)N(CC)CC)ccc1Cl)CC2. The minimum atomic E-state index is -3.70. The number of nitrogens with zero attached hydrogens (tertiary/aromatic N) is 2. The van der Waals surface area contributed by atoms with Crippen LogP contribution in [0.15, 0.2) is 35.2 Å². The number of benzene rings is 2. The fourth-order valence-corrected chi connectivity index (χ4v) is 5.67. The summed E-state index contributed by atoms with van der Waals surface area (Å²) in [6.45, 7) is 10.0. The minimum Gasteiger partial charge on any atom is -0.490 e. The van der Waals surface area contributed by atoms with Gasteiger partial charge in [0.1, 0.15) is 0 Å². The second-order valence-corrected chi connectivity index (χ2v) is 9.99. The molecule has 1 aliphatic heterocycles. The number of halogens is 1. The zero-order chi connectivity index (χ0) is 24.2. The molecule has 1 amide bonds. The highest BCUT2D eigenvalue weighted by atomic mass is 35.5. The van der Waals surface area contributed by atoms with Gasteiger partial charge in [-0.3, -0.25) is 4.79 Å². The summed E-state index contributed by atoms with van der Waals surface area (Å²) in [5.74, 6) is 1.06. The zero-order valence-corrected chi connectivity index (χ0v) is 21.1. The fourth-order valence-electron chi connectivity index (χ4n) is 3.99. The molecular weight excluding hydrogens is 464 g/mol. The van der Waals surface area contributed by atoms with Crippen LogP contribution in [0.5, 0.6) is 11.5 Å². The molecule has 9 heteroatoms. The van der Waals surface area contributed by atoms with Gasteiger partial charge in [-0.25, -0.2) is 8.42 Å². The normalized spacial score (nSPS) is 13.7. The van der Waals surface area contributed by atoms with Gasteiger partial charge in [-0.2, -0.15) is 4.31 Å². The van der Waals surface area contributed by atoms with Crippen LogP contribution in [0.4, 0.5) is 0 Å². The lowest BCUT2D eigenvalue weighted by molar-refractivity contribution is 0.0734. The quantitative estimate of drug-likeness (QED) is 0.517. The maximum absolute atomic E-state index is 13.4. The van der Waals surface area contributed by atoms with Gasteiger partial charge in [0.25, 0.3) is 5.91 Å². The van der Waals surface area contributed by atoms with Gasteiger partial charge in [-0.05, 0) is 61.7 Å². The Morgan fingerprint density at radius 2 is 1.61 bits per heavy atom. The van der Waals surface area contributed by atoms with Crippen LogP contribution in [-0.4, -0.2) is 56.4 Å². The first kappa shape index (κ1) is 25.3. The molecule has 180 valence electrons. The second-order valence-electron chi connectivity index (χ2n) is 7.64. The number of carbonyl (C=O) groups excluding carboxylic acids is 1. The molecule has 0 saturated heterocycles. The molecule has 0 aliphatic carbocycles. The van der Waals surface area contributed by atoms with Crippen LogP contribution in [-0.2, 0) is 23.0 Å². The number of hydrogen-bond acceptors (Lipinski definition) is 5. The molecule has 0 atom stereocenters. The highest BCUT2D eigenvalue weighted by molar-refractivity contribution is 7.89. The molecule has 7 nitrogen and oxygen atoms in total. The lowest BCUT2D eigenvalue weighted by Gasteiger charge is -2.30. The molecule has 0 bridgehead atoms. The monoisotopic (exact) mass is 494 g/mol. The van der Waals surface area contributed by atoms with Gasteiger partial charge in [-0.15, -0.1) is 0 Å². The summed E-state index contributed by atoms with van der Waals surface area (Å²) in [6, 6.07) is 8.21. The molecule has 0 unspecified atom stereocenters. The first-order valence-electron chi connectivity index (χ1n) is 11.3. The zero-order valence-electron chi connectivity index (χ0n) is 19.6. The van der Waals surface area contributed by atoms with Crippen molar-refractivity contribution in [3.05, 3.63) is 52.0 Å². The maximum atomic E-state index is 13.4. The van der Waals surface area contributed by atoms with E-state index in [-0.39, 0.29) is 21.4 Å². The van der Waals surface area contributed by atoms with Crippen LogP contribution < -0.4 is 9.47 Å². The van der Waals surface area contributed by atoms with Crippen molar-refractivity contribution >= 4 is 27.5 Å². The van der Waals surface area contributed by atoms with E-state index in [0.29, 0.717) is 57.3 Å². The molecule has 1 aliphatic rings. The summed E-state index contributed by atoms with van der Waals surface area (Å²) in [6.07, 6.45) is 0.655. The first-order chi connectivity index (χ1) is 15.8. The average molecular weight is 495 g/mol. The molecule has 0 N–H and O–H groups in total. The first-order valence-corrected chi connectivity index (χ1v) is 13.1. The number of fused-ring (bicyclic) bond motifs is 1. The Balaban J connectivity index is 1.91. The molecule has 0 radical (unpaired) electrons. The number of amides is 1. The molecule has 2 aromatic rings. The fraction of sp³-hybridized carbons (Fsp3) is 0.458. The van der Waals surface area contributed by atoms with E-state index in [2.05, 4.69) is 0 Å². The van der Waals surface area contributed by atoms with E-state index < -0.39 is 10.0 Å². The van der Waals surface area contributed by atoms with Crippen molar-refractivity contribution in [2.24, 2.45) is 0 Å². The summed E-state index contributed by atoms with van der Waals surface area (Å²) in [4.78, 5) is 15.1. The van der Waals surface area contributed by atoms with Crippen molar-refractivity contribution in [1.82, 2.24) is 9.21 Å². The van der Waals surface area contributed by atoms with E-state index in [1.165, 1.54) is 22.5 Å². The summed E-state index contributed by atoms with van der Waals surface area (Å²) in [7, 11) is -3.70. The lowest BCUT2D eigenvalue weighted by Crippen LogP contribution is -2.36. The van der Waals surface area contributed by atoms with Gasteiger partial charge in [0.2, 0.25) is 10.0 Å². The third-order valence-electron chi connectivity index (χ3n) is 5.68. The molecule has 33 heavy (non-hydrogen) atoms. The van der Waals surface area contributed by atoms with Gasteiger partial charge in [0.05, 0.1) is 28.7 Å². The topological polar surface area (TPSA) is 76.1 Å². The molecule has 0 saturated carbocycles. The predicted octanol–water partition coefficient (Wildman–Crippen LogP) is 4.37. The van der Waals surface area contributed by atoms with Crippen LogP contribution in [0.25, 0.3) is 0 Å². The average Bonchev–Trinajstić information content (AvgIpc) is 2.80. The largest absolute Gasteiger partial charge is 0.490 e. The van der Waals surface area contributed by atoms with Crippen LogP contribution in [0.2, 0.25) is 5.02 Å². The van der Waals surface area contributed by atoms with Crippen molar-refractivity contribution in [3.63, 3.8) is 0 Å². The van der Waals surface area contributed by atoms with E-state index in [1.54, 1.807) is 18.7 Å². The van der Waals surface area contributed by atoms with Crippen molar-refractivity contribution in [2.75, 3.05) is 32.8 Å². The third-order valence-corrected chi connectivity index (χ3v) is 8.05. The number of sulfonamides is 1. The van der Waals surface area contributed by atoms with Crippen LogP contribution in [0.3, 0.4) is 0 Å². The molecule has 3 rings (SSSR count). The van der Waals surface area contributed by atoms with Crippen LogP contribution in [0.1, 0.15) is 49.2 Å². The van der Waals surface area contributed by atoms with E-state index >= 15 is 0 Å². The maximum Gasteiger partial charge on any atom is 0.255 e. The molecule has 2 aromatic carbocycles.